The van der Waals surface area contributed by atoms with Crippen LogP contribution in [0.4, 0.5) is 0 Å². The van der Waals surface area contributed by atoms with Gasteiger partial charge in [-0.25, -0.2) is 0 Å². The Hall–Kier alpha value is -0.730. The second kappa shape index (κ2) is 11.8. The molecule has 1 saturated carbocycles. The highest BCUT2D eigenvalue weighted by Crippen LogP contribution is 2.24. The molecule has 0 aromatic heterocycles. The summed E-state index contributed by atoms with van der Waals surface area (Å²) >= 11 is 0. The molecular weight excluding hydrogens is 328 g/mol. The minimum absolute atomic E-state index is 0.153. The van der Waals surface area contributed by atoms with E-state index < -0.39 is 42.6 Å². The largest absolute Gasteiger partial charge is 0.457 e. The summed E-state index contributed by atoms with van der Waals surface area (Å²) in [5.41, 5.74) is 0. The summed E-state index contributed by atoms with van der Waals surface area (Å²) in [6.45, 7) is 2.19. The molecule has 5 N–H and O–H groups in total. The van der Waals surface area contributed by atoms with Crippen LogP contribution in [0.5, 0.6) is 0 Å². The van der Waals surface area contributed by atoms with Crippen LogP contribution in [0, 0.1) is 0 Å². The molecule has 0 heterocycles. The summed E-state index contributed by atoms with van der Waals surface area (Å²) in [4.78, 5) is 11.8. The van der Waals surface area contributed by atoms with Gasteiger partial charge in [-0.15, -0.1) is 0 Å². The van der Waals surface area contributed by atoms with Crippen LogP contribution in [0.3, 0.4) is 0 Å². The van der Waals surface area contributed by atoms with E-state index in [0.717, 1.165) is 19.3 Å². The van der Waals surface area contributed by atoms with E-state index in [-0.39, 0.29) is 6.42 Å². The summed E-state index contributed by atoms with van der Waals surface area (Å²) < 4.78 is 5.01. The zero-order chi connectivity index (χ0) is 18.8. The zero-order valence-electron chi connectivity index (χ0n) is 15.1. The first-order chi connectivity index (χ1) is 11.9. The maximum atomic E-state index is 11.8. The van der Waals surface area contributed by atoms with E-state index in [1.165, 1.54) is 32.1 Å². The van der Waals surface area contributed by atoms with Crippen molar-refractivity contribution in [2.75, 3.05) is 0 Å². The summed E-state index contributed by atoms with van der Waals surface area (Å²) in [7, 11) is 0. The molecule has 25 heavy (non-hydrogen) atoms. The van der Waals surface area contributed by atoms with Crippen molar-refractivity contribution in [2.45, 2.75) is 108 Å². The smallest absolute Gasteiger partial charge is 0.306 e. The fourth-order valence-corrected chi connectivity index (χ4v) is 3.13. The fourth-order valence-electron chi connectivity index (χ4n) is 3.13. The lowest BCUT2D eigenvalue weighted by Crippen LogP contribution is -2.64. The monoisotopic (exact) mass is 362 g/mol. The molecular formula is C18H34O7. The van der Waals surface area contributed by atoms with Gasteiger partial charge >= 0.3 is 5.97 Å². The van der Waals surface area contributed by atoms with Gasteiger partial charge in [-0.05, 0) is 6.42 Å². The first kappa shape index (κ1) is 22.3. The van der Waals surface area contributed by atoms with Gasteiger partial charge in [0, 0.05) is 6.42 Å². The average Bonchev–Trinajstić information content (AvgIpc) is 2.60. The molecule has 6 atom stereocenters. The lowest BCUT2D eigenvalue weighted by Gasteiger charge is -2.41. The number of ether oxygens (including phenoxy) is 1. The van der Waals surface area contributed by atoms with Gasteiger partial charge in [-0.3, -0.25) is 4.79 Å². The van der Waals surface area contributed by atoms with Crippen LogP contribution in [-0.4, -0.2) is 68.1 Å². The van der Waals surface area contributed by atoms with Crippen molar-refractivity contribution in [1.82, 2.24) is 0 Å². The van der Waals surface area contributed by atoms with Crippen molar-refractivity contribution in [2.24, 2.45) is 0 Å². The highest BCUT2D eigenvalue weighted by molar-refractivity contribution is 5.69. The molecule has 148 valence electrons. The van der Waals surface area contributed by atoms with Crippen LogP contribution < -0.4 is 0 Å². The van der Waals surface area contributed by atoms with E-state index in [2.05, 4.69) is 6.92 Å². The van der Waals surface area contributed by atoms with E-state index in [4.69, 9.17) is 4.74 Å². The van der Waals surface area contributed by atoms with Crippen molar-refractivity contribution >= 4 is 5.97 Å². The number of hydrogen-bond donors (Lipinski definition) is 5. The number of rotatable bonds is 11. The van der Waals surface area contributed by atoms with Crippen molar-refractivity contribution < 1.29 is 35.1 Å². The standard InChI is InChI=1S/C18H34O7/c1-2-3-4-5-6-7-8-9-10-11-12(19)25-18-16(23)14(21)13(20)15(22)17(18)24/h13-18,20-24H,2-11H2,1H3/t13-,14-,15+,16-,17-,18-/m0/s1. The van der Waals surface area contributed by atoms with E-state index in [9.17, 15) is 30.3 Å². The maximum Gasteiger partial charge on any atom is 0.306 e. The van der Waals surface area contributed by atoms with Gasteiger partial charge in [-0.2, -0.15) is 0 Å². The van der Waals surface area contributed by atoms with Gasteiger partial charge in [0.25, 0.3) is 0 Å². The number of aliphatic hydroxyl groups excluding tert-OH is 5. The molecule has 1 aliphatic carbocycles. The average molecular weight is 362 g/mol. The molecule has 0 saturated heterocycles. The van der Waals surface area contributed by atoms with Gasteiger partial charge in [-0.1, -0.05) is 58.3 Å². The highest BCUT2D eigenvalue weighted by atomic mass is 16.6. The molecule has 1 rings (SSSR count). The molecule has 0 bridgehead atoms. The second-order valence-electron chi connectivity index (χ2n) is 6.99. The third-order valence-corrected chi connectivity index (χ3v) is 4.82. The van der Waals surface area contributed by atoms with Crippen LogP contribution in [0.2, 0.25) is 0 Å². The number of unbranched alkanes of at least 4 members (excludes halogenated alkanes) is 8. The number of carbonyl (C=O) groups is 1. The number of carbonyl (C=O) groups excluding carboxylic acids is 1. The second-order valence-corrected chi connectivity index (χ2v) is 6.99. The van der Waals surface area contributed by atoms with Gasteiger partial charge in [0.2, 0.25) is 0 Å². The predicted octanol–water partition coefficient (Wildman–Crippen LogP) is 0.637. The molecule has 0 amide bonds. The number of aliphatic hydroxyl groups is 5. The number of hydrogen-bond acceptors (Lipinski definition) is 7. The molecule has 7 nitrogen and oxygen atoms in total. The third kappa shape index (κ3) is 7.19. The van der Waals surface area contributed by atoms with E-state index in [1.54, 1.807) is 0 Å². The van der Waals surface area contributed by atoms with Gasteiger partial charge < -0.3 is 30.3 Å². The molecule has 0 radical (unpaired) electrons. The molecule has 1 aliphatic rings. The normalized spacial score (nSPS) is 32.6. The van der Waals surface area contributed by atoms with Crippen LogP contribution in [-0.2, 0) is 9.53 Å². The Morgan fingerprint density at radius 2 is 1.08 bits per heavy atom. The Labute approximate surface area is 149 Å². The Bertz CT molecular complexity index is 360. The van der Waals surface area contributed by atoms with Crippen LogP contribution in [0.15, 0.2) is 0 Å². The van der Waals surface area contributed by atoms with Crippen LogP contribution >= 0.6 is 0 Å². The Morgan fingerprint density at radius 3 is 1.56 bits per heavy atom. The first-order valence-corrected chi connectivity index (χ1v) is 9.50. The molecule has 0 aromatic rings. The minimum Gasteiger partial charge on any atom is -0.457 e. The van der Waals surface area contributed by atoms with Crippen molar-refractivity contribution in [1.29, 1.82) is 0 Å². The van der Waals surface area contributed by atoms with E-state index in [0.29, 0.717) is 6.42 Å². The molecule has 0 aromatic carbocycles. The Balaban J connectivity index is 2.19. The van der Waals surface area contributed by atoms with Crippen molar-refractivity contribution in [3.05, 3.63) is 0 Å². The van der Waals surface area contributed by atoms with Crippen LogP contribution in [0.1, 0.15) is 71.1 Å². The van der Waals surface area contributed by atoms with Gasteiger partial charge in [0.05, 0.1) is 0 Å². The molecule has 0 unspecified atom stereocenters. The first-order valence-electron chi connectivity index (χ1n) is 9.50. The zero-order valence-corrected chi connectivity index (χ0v) is 15.1. The van der Waals surface area contributed by atoms with E-state index >= 15 is 0 Å². The van der Waals surface area contributed by atoms with Gasteiger partial charge in [0.1, 0.15) is 30.5 Å². The van der Waals surface area contributed by atoms with Crippen molar-refractivity contribution in [3.63, 3.8) is 0 Å². The maximum absolute atomic E-state index is 11.8. The predicted molar refractivity (Wildman–Crippen MR) is 91.8 cm³/mol. The molecule has 1 fully saturated rings. The topological polar surface area (TPSA) is 127 Å². The Kier molecular flexibility index (Phi) is 10.5. The molecule has 7 heteroatoms. The minimum atomic E-state index is -1.68. The highest BCUT2D eigenvalue weighted by Gasteiger charge is 2.50. The quantitative estimate of drug-likeness (QED) is 0.269. The summed E-state index contributed by atoms with van der Waals surface area (Å²) in [5.74, 6) is -0.596. The summed E-state index contributed by atoms with van der Waals surface area (Å²) in [6, 6.07) is 0. The lowest BCUT2D eigenvalue weighted by atomic mass is 9.85. The molecule has 0 aliphatic heterocycles. The van der Waals surface area contributed by atoms with Gasteiger partial charge in [0.15, 0.2) is 6.10 Å². The number of esters is 1. The Morgan fingerprint density at radius 1 is 0.680 bits per heavy atom. The molecule has 0 spiro atoms. The summed E-state index contributed by atoms with van der Waals surface area (Å²) in [6.07, 6.45) is 0.417. The summed E-state index contributed by atoms with van der Waals surface area (Å²) in [5, 5.41) is 48.3. The SMILES string of the molecule is CCCCCCCCCCCC(=O)O[C@@H]1[C@@H](O)[C@H](O)[C@@H](O)[C@H](O)[C@@H]1O. The van der Waals surface area contributed by atoms with Crippen LogP contribution in [0.25, 0.3) is 0 Å². The fraction of sp³-hybridized carbons (Fsp3) is 0.944. The third-order valence-electron chi connectivity index (χ3n) is 4.82. The lowest BCUT2D eigenvalue weighted by molar-refractivity contribution is -0.233. The van der Waals surface area contributed by atoms with Crippen molar-refractivity contribution in [3.8, 4) is 0 Å². The van der Waals surface area contributed by atoms with E-state index in [1.807, 2.05) is 0 Å².